The number of para-hydroxylation sites is 1. The topological polar surface area (TPSA) is 91.2 Å². The second-order valence-electron chi connectivity index (χ2n) is 5.63. The first kappa shape index (κ1) is 20.2. The molecular formula is C19H25N3O3. The first-order valence-corrected chi connectivity index (χ1v) is 8.47. The first-order valence-electron chi connectivity index (χ1n) is 8.47. The zero-order chi connectivity index (χ0) is 18.7. The van der Waals surface area contributed by atoms with Crippen molar-refractivity contribution in [3.8, 4) is 6.07 Å². The van der Waals surface area contributed by atoms with Crippen molar-refractivity contribution in [2.24, 2.45) is 0 Å². The van der Waals surface area contributed by atoms with E-state index in [9.17, 15) is 14.9 Å². The lowest BCUT2D eigenvalue weighted by molar-refractivity contribution is -0.117. The molecule has 0 saturated heterocycles. The fraction of sp³-hybridized carbons (Fsp3) is 0.421. The monoisotopic (exact) mass is 343 g/mol. The van der Waals surface area contributed by atoms with Crippen molar-refractivity contribution >= 4 is 17.6 Å². The molecule has 2 N–H and O–H groups in total. The number of nitriles is 1. The molecule has 0 fully saturated rings. The molecule has 1 aromatic rings. The third-order valence-corrected chi connectivity index (χ3v) is 3.60. The van der Waals surface area contributed by atoms with Crippen LogP contribution in [0.1, 0.15) is 50.4 Å². The molecule has 0 aromatic heterocycles. The van der Waals surface area contributed by atoms with Crippen LogP contribution in [0.4, 0.5) is 5.69 Å². The van der Waals surface area contributed by atoms with E-state index in [4.69, 9.17) is 4.74 Å². The van der Waals surface area contributed by atoms with Gasteiger partial charge in [0.1, 0.15) is 11.6 Å². The average Bonchev–Trinajstić information content (AvgIpc) is 2.62. The number of anilines is 1. The summed E-state index contributed by atoms with van der Waals surface area (Å²) < 4.78 is 5.21. The maximum Gasteiger partial charge on any atom is 0.340 e. The van der Waals surface area contributed by atoms with Crippen LogP contribution in [-0.2, 0) is 9.53 Å². The number of esters is 1. The van der Waals surface area contributed by atoms with Crippen LogP contribution in [-0.4, -0.2) is 24.5 Å². The molecule has 0 heterocycles. The summed E-state index contributed by atoms with van der Waals surface area (Å²) >= 11 is 0. The third kappa shape index (κ3) is 6.68. The van der Waals surface area contributed by atoms with E-state index in [0.717, 1.165) is 19.3 Å². The van der Waals surface area contributed by atoms with Crippen LogP contribution in [0.15, 0.2) is 36.0 Å². The molecule has 1 unspecified atom stereocenters. The fourth-order valence-electron chi connectivity index (χ4n) is 1.88. The van der Waals surface area contributed by atoms with Crippen molar-refractivity contribution in [2.75, 3.05) is 11.9 Å². The standard InChI is InChI=1S/C19H25N3O3/c1-4-6-11-25-19(24)16-9-7-8-10-17(16)21-13-15(12-20)18(23)22-14(3)5-2/h7-10,13-14,21H,4-6,11H2,1-3H3,(H,22,23)/b15-13-. The predicted octanol–water partition coefficient (Wildman–Crippen LogP) is 3.38. The highest BCUT2D eigenvalue weighted by atomic mass is 16.5. The Kier molecular flexibility index (Phi) is 8.80. The third-order valence-electron chi connectivity index (χ3n) is 3.60. The SMILES string of the molecule is CCCCOC(=O)c1ccccc1N/C=C(/C#N)C(=O)NC(C)CC. The Labute approximate surface area is 148 Å². The summed E-state index contributed by atoms with van der Waals surface area (Å²) in [5, 5.41) is 14.8. The molecule has 134 valence electrons. The van der Waals surface area contributed by atoms with E-state index in [0.29, 0.717) is 17.9 Å². The smallest absolute Gasteiger partial charge is 0.340 e. The highest BCUT2D eigenvalue weighted by Gasteiger charge is 2.14. The van der Waals surface area contributed by atoms with Gasteiger partial charge in [0.25, 0.3) is 5.91 Å². The van der Waals surface area contributed by atoms with Crippen LogP contribution in [0.3, 0.4) is 0 Å². The van der Waals surface area contributed by atoms with Crippen LogP contribution >= 0.6 is 0 Å². The number of hydrogen-bond donors (Lipinski definition) is 2. The summed E-state index contributed by atoms with van der Waals surface area (Å²) in [4.78, 5) is 24.2. The maximum absolute atomic E-state index is 12.1. The van der Waals surface area contributed by atoms with E-state index in [1.807, 2.05) is 26.8 Å². The molecule has 0 saturated carbocycles. The Morgan fingerprint density at radius 3 is 2.68 bits per heavy atom. The van der Waals surface area contributed by atoms with Gasteiger partial charge in [-0.15, -0.1) is 0 Å². The van der Waals surface area contributed by atoms with Crippen LogP contribution < -0.4 is 10.6 Å². The van der Waals surface area contributed by atoms with Gasteiger partial charge in [-0.2, -0.15) is 5.26 Å². The number of carbonyl (C=O) groups is 2. The number of carbonyl (C=O) groups excluding carboxylic acids is 2. The molecule has 0 aliphatic carbocycles. The Balaban J connectivity index is 2.86. The molecule has 0 spiro atoms. The van der Waals surface area contributed by atoms with Crippen molar-refractivity contribution in [3.05, 3.63) is 41.6 Å². The van der Waals surface area contributed by atoms with Gasteiger partial charge in [-0.05, 0) is 31.9 Å². The molecule has 0 aliphatic heterocycles. The quantitative estimate of drug-likeness (QED) is 0.310. The fourth-order valence-corrected chi connectivity index (χ4v) is 1.88. The minimum absolute atomic E-state index is 0.0231. The van der Waals surface area contributed by atoms with Crippen molar-refractivity contribution in [3.63, 3.8) is 0 Å². The predicted molar refractivity (Wildman–Crippen MR) is 96.8 cm³/mol. The van der Waals surface area contributed by atoms with Gasteiger partial charge < -0.3 is 15.4 Å². The highest BCUT2D eigenvalue weighted by Crippen LogP contribution is 2.17. The summed E-state index contributed by atoms with van der Waals surface area (Å²) in [5.41, 5.74) is 0.775. The molecule has 0 bridgehead atoms. The lowest BCUT2D eigenvalue weighted by Gasteiger charge is -2.12. The van der Waals surface area contributed by atoms with Gasteiger partial charge >= 0.3 is 5.97 Å². The van der Waals surface area contributed by atoms with Gasteiger partial charge in [-0.25, -0.2) is 4.79 Å². The van der Waals surface area contributed by atoms with Gasteiger partial charge in [-0.3, -0.25) is 4.79 Å². The largest absolute Gasteiger partial charge is 0.462 e. The van der Waals surface area contributed by atoms with Crippen molar-refractivity contribution in [2.45, 2.75) is 46.1 Å². The number of nitrogens with one attached hydrogen (secondary N) is 2. The molecule has 1 aromatic carbocycles. The Morgan fingerprint density at radius 2 is 2.04 bits per heavy atom. The molecule has 1 atom stereocenters. The average molecular weight is 343 g/mol. The second-order valence-corrected chi connectivity index (χ2v) is 5.63. The summed E-state index contributed by atoms with van der Waals surface area (Å²) in [6.45, 7) is 6.18. The lowest BCUT2D eigenvalue weighted by atomic mass is 10.1. The van der Waals surface area contributed by atoms with Gasteiger partial charge in [0, 0.05) is 12.2 Å². The second kappa shape index (κ2) is 10.9. The van der Waals surface area contributed by atoms with E-state index >= 15 is 0 Å². The molecule has 0 radical (unpaired) electrons. The van der Waals surface area contributed by atoms with Crippen molar-refractivity contribution in [1.82, 2.24) is 5.32 Å². The number of nitrogens with zero attached hydrogens (tertiary/aromatic N) is 1. The normalized spacial score (nSPS) is 12.0. The first-order chi connectivity index (χ1) is 12.0. The van der Waals surface area contributed by atoms with Gasteiger partial charge in [0.15, 0.2) is 0 Å². The Morgan fingerprint density at radius 1 is 1.32 bits per heavy atom. The van der Waals surface area contributed by atoms with E-state index in [1.165, 1.54) is 6.20 Å². The van der Waals surface area contributed by atoms with Crippen LogP contribution in [0.5, 0.6) is 0 Å². The minimum Gasteiger partial charge on any atom is -0.462 e. The molecule has 6 nitrogen and oxygen atoms in total. The number of benzene rings is 1. The van der Waals surface area contributed by atoms with Gasteiger partial charge in [0.05, 0.1) is 17.9 Å². The maximum atomic E-state index is 12.1. The van der Waals surface area contributed by atoms with Crippen molar-refractivity contribution < 1.29 is 14.3 Å². The zero-order valence-electron chi connectivity index (χ0n) is 15.0. The Hall–Kier alpha value is -2.81. The molecule has 0 aliphatic rings. The van der Waals surface area contributed by atoms with E-state index in [1.54, 1.807) is 24.3 Å². The minimum atomic E-state index is -0.452. The van der Waals surface area contributed by atoms with E-state index in [2.05, 4.69) is 10.6 Å². The van der Waals surface area contributed by atoms with E-state index < -0.39 is 11.9 Å². The van der Waals surface area contributed by atoms with Crippen LogP contribution in [0.2, 0.25) is 0 Å². The summed E-state index contributed by atoms with van der Waals surface area (Å²) in [7, 11) is 0. The zero-order valence-corrected chi connectivity index (χ0v) is 15.0. The summed E-state index contributed by atoms with van der Waals surface area (Å²) in [5.74, 6) is -0.889. The number of rotatable bonds is 9. The number of amides is 1. The molecular weight excluding hydrogens is 318 g/mol. The Bertz CT molecular complexity index is 662. The van der Waals surface area contributed by atoms with E-state index in [-0.39, 0.29) is 11.6 Å². The molecule has 6 heteroatoms. The number of ether oxygens (including phenoxy) is 1. The number of hydrogen-bond acceptors (Lipinski definition) is 5. The van der Waals surface area contributed by atoms with Crippen molar-refractivity contribution in [1.29, 1.82) is 5.26 Å². The van der Waals surface area contributed by atoms with Crippen LogP contribution in [0, 0.1) is 11.3 Å². The lowest BCUT2D eigenvalue weighted by Crippen LogP contribution is -2.33. The summed E-state index contributed by atoms with van der Waals surface area (Å²) in [6.07, 6.45) is 3.81. The van der Waals surface area contributed by atoms with Gasteiger partial charge in [0.2, 0.25) is 0 Å². The number of unbranched alkanes of at least 4 members (excludes halogenated alkanes) is 1. The van der Waals surface area contributed by atoms with Gasteiger partial charge in [-0.1, -0.05) is 32.4 Å². The van der Waals surface area contributed by atoms with Crippen LogP contribution in [0.25, 0.3) is 0 Å². The highest BCUT2D eigenvalue weighted by molar-refractivity contribution is 5.99. The molecule has 25 heavy (non-hydrogen) atoms. The summed E-state index contributed by atoms with van der Waals surface area (Å²) in [6, 6.07) is 8.65. The molecule has 1 rings (SSSR count). The molecule has 1 amide bonds.